The number of ether oxygens (including phenoxy) is 1. The van der Waals surface area contributed by atoms with E-state index >= 15 is 0 Å². The summed E-state index contributed by atoms with van der Waals surface area (Å²) in [6.07, 6.45) is 0. The van der Waals surface area contributed by atoms with E-state index in [2.05, 4.69) is 4.74 Å². The summed E-state index contributed by atoms with van der Waals surface area (Å²) in [5.41, 5.74) is 0. The van der Waals surface area contributed by atoms with E-state index in [1.54, 1.807) is 13.8 Å². The first-order valence-electron chi connectivity index (χ1n) is 3.86. The molecule has 14 heavy (non-hydrogen) atoms. The molecule has 0 aliphatic rings. The highest BCUT2D eigenvalue weighted by atomic mass is 16.5. The lowest BCUT2D eigenvalue weighted by molar-refractivity contribution is -0.140. The van der Waals surface area contributed by atoms with Crippen LogP contribution in [0.25, 0.3) is 0 Å². The molecule has 0 saturated carbocycles. The van der Waals surface area contributed by atoms with Crippen LogP contribution in [-0.2, 0) is 14.3 Å². The predicted molar refractivity (Wildman–Crippen MR) is 52.0 cm³/mol. The van der Waals surface area contributed by atoms with E-state index in [1.165, 1.54) is 6.92 Å². The largest absolute Gasteiger partial charge is 0.481 e. The Balaban J connectivity index is -0.0000000553. The van der Waals surface area contributed by atoms with Crippen molar-refractivity contribution in [1.29, 1.82) is 0 Å². The highest BCUT2D eigenvalue weighted by molar-refractivity contribution is 5.65. The number of rotatable bonds is 1. The maximum Gasteiger partial charge on any atom is 0.302 e. The standard InChI is InChI=1S/C4H8O2.C2H4O2.C2H6O.H2O/c1-3-6-4(2)5;1-2(3)4;1-2-3;/h3H2,1-2H3;1H3,(H,3,4);3H,2H2,1H3;1H2. The van der Waals surface area contributed by atoms with Crippen LogP contribution in [-0.4, -0.2) is 40.8 Å². The van der Waals surface area contributed by atoms with Crippen LogP contribution < -0.4 is 0 Å². The van der Waals surface area contributed by atoms with Crippen molar-refractivity contribution in [3.63, 3.8) is 0 Å². The van der Waals surface area contributed by atoms with Gasteiger partial charge >= 0.3 is 5.97 Å². The van der Waals surface area contributed by atoms with Crippen molar-refractivity contribution in [3.05, 3.63) is 0 Å². The zero-order valence-electron chi connectivity index (χ0n) is 9.03. The van der Waals surface area contributed by atoms with Crippen LogP contribution in [0.5, 0.6) is 0 Å². The van der Waals surface area contributed by atoms with Gasteiger partial charge in [0.15, 0.2) is 0 Å². The van der Waals surface area contributed by atoms with Gasteiger partial charge in [-0.15, -0.1) is 0 Å². The fraction of sp³-hybridized carbons (Fsp3) is 0.750. The summed E-state index contributed by atoms with van der Waals surface area (Å²) in [7, 11) is 0. The van der Waals surface area contributed by atoms with Gasteiger partial charge in [-0.25, -0.2) is 0 Å². The smallest absolute Gasteiger partial charge is 0.302 e. The zero-order chi connectivity index (χ0) is 11.3. The number of aliphatic carboxylic acids is 1. The molecule has 0 aromatic heterocycles. The third kappa shape index (κ3) is 305. The minimum Gasteiger partial charge on any atom is -0.481 e. The molecule has 6 nitrogen and oxygen atoms in total. The van der Waals surface area contributed by atoms with Crippen molar-refractivity contribution in [3.8, 4) is 0 Å². The van der Waals surface area contributed by atoms with Crippen LogP contribution in [0.15, 0.2) is 0 Å². The van der Waals surface area contributed by atoms with Crippen LogP contribution in [0.1, 0.15) is 27.7 Å². The SMILES string of the molecule is CC(=O)O.CCO.CCOC(C)=O.O. The Morgan fingerprint density at radius 1 is 1.21 bits per heavy atom. The summed E-state index contributed by atoms with van der Waals surface area (Å²) < 4.78 is 4.40. The van der Waals surface area contributed by atoms with E-state index in [-0.39, 0.29) is 18.1 Å². The van der Waals surface area contributed by atoms with Gasteiger partial charge in [0.25, 0.3) is 5.97 Å². The predicted octanol–water partition coefficient (Wildman–Crippen LogP) is -0.166. The monoisotopic (exact) mass is 212 g/mol. The van der Waals surface area contributed by atoms with Crippen LogP contribution in [0.3, 0.4) is 0 Å². The average Bonchev–Trinajstić information content (AvgIpc) is 1.86. The van der Waals surface area contributed by atoms with Crippen LogP contribution >= 0.6 is 0 Å². The molecule has 0 aromatic rings. The van der Waals surface area contributed by atoms with E-state index in [0.717, 1.165) is 6.92 Å². The van der Waals surface area contributed by atoms with E-state index < -0.39 is 5.97 Å². The molecule has 6 heteroatoms. The number of esters is 1. The first kappa shape index (κ1) is 23.0. The number of hydrogen-bond acceptors (Lipinski definition) is 4. The fourth-order valence-electron chi connectivity index (χ4n) is 0.203. The second-order valence-electron chi connectivity index (χ2n) is 1.76. The molecule has 0 amide bonds. The fourth-order valence-corrected chi connectivity index (χ4v) is 0.203. The molecule has 0 fully saturated rings. The van der Waals surface area contributed by atoms with Crippen molar-refractivity contribution in [2.45, 2.75) is 27.7 Å². The summed E-state index contributed by atoms with van der Waals surface area (Å²) in [5, 5.41) is 15.0. The lowest BCUT2D eigenvalue weighted by atomic mass is 10.8. The van der Waals surface area contributed by atoms with Gasteiger partial charge < -0.3 is 20.4 Å². The molecule has 0 bridgehead atoms. The van der Waals surface area contributed by atoms with E-state index in [1.807, 2.05) is 0 Å². The molecule has 0 aliphatic carbocycles. The Labute approximate surface area is 83.8 Å². The van der Waals surface area contributed by atoms with Gasteiger partial charge in [-0.2, -0.15) is 0 Å². The quantitative estimate of drug-likeness (QED) is 0.585. The molecule has 0 heterocycles. The summed E-state index contributed by atoms with van der Waals surface area (Å²) in [4.78, 5) is 18.8. The maximum atomic E-state index is 9.82. The van der Waals surface area contributed by atoms with Gasteiger partial charge in [0.2, 0.25) is 0 Å². The Morgan fingerprint density at radius 3 is 1.43 bits per heavy atom. The zero-order valence-corrected chi connectivity index (χ0v) is 9.03. The molecule has 0 unspecified atom stereocenters. The van der Waals surface area contributed by atoms with E-state index in [9.17, 15) is 4.79 Å². The second-order valence-corrected chi connectivity index (χ2v) is 1.76. The van der Waals surface area contributed by atoms with Crippen LogP contribution in [0.4, 0.5) is 0 Å². The molecule has 0 rings (SSSR count). The second kappa shape index (κ2) is 22.6. The maximum absolute atomic E-state index is 9.82. The molecule has 0 radical (unpaired) electrons. The summed E-state index contributed by atoms with van der Waals surface area (Å²) >= 11 is 0. The average molecular weight is 212 g/mol. The number of carboxylic acids is 1. The van der Waals surface area contributed by atoms with Gasteiger partial charge in [-0.1, -0.05) is 0 Å². The Morgan fingerprint density at radius 2 is 1.43 bits per heavy atom. The van der Waals surface area contributed by atoms with Gasteiger partial charge in [0.1, 0.15) is 0 Å². The van der Waals surface area contributed by atoms with Crippen LogP contribution in [0.2, 0.25) is 0 Å². The highest BCUT2D eigenvalue weighted by Gasteiger charge is 1.81. The number of hydrogen-bond donors (Lipinski definition) is 2. The highest BCUT2D eigenvalue weighted by Crippen LogP contribution is 1.69. The van der Waals surface area contributed by atoms with Crippen LogP contribution in [0, 0.1) is 0 Å². The lowest BCUT2D eigenvalue weighted by Crippen LogP contribution is -1.95. The van der Waals surface area contributed by atoms with E-state index in [0.29, 0.717) is 6.61 Å². The normalized spacial score (nSPS) is 6.36. The number of aliphatic hydroxyl groups is 1. The molecule has 0 atom stereocenters. The van der Waals surface area contributed by atoms with Crippen molar-refractivity contribution in [2.75, 3.05) is 13.2 Å². The molecule has 0 aromatic carbocycles. The number of carbonyl (C=O) groups is 2. The molecule has 4 N–H and O–H groups in total. The Hall–Kier alpha value is -1.14. The van der Waals surface area contributed by atoms with Crippen molar-refractivity contribution in [2.24, 2.45) is 0 Å². The van der Waals surface area contributed by atoms with Crippen molar-refractivity contribution < 1.29 is 30.0 Å². The summed E-state index contributed by atoms with van der Waals surface area (Å²) in [6, 6.07) is 0. The number of carbonyl (C=O) groups excluding carboxylic acids is 1. The Kier molecular flexibility index (Phi) is 37.3. The lowest BCUT2D eigenvalue weighted by Gasteiger charge is -1.89. The molecule has 0 aliphatic heterocycles. The van der Waals surface area contributed by atoms with Crippen molar-refractivity contribution in [1.82, 2.24) is 0 Å². The number of carboxylic acid groups (broad SMARTS) is 1. The minimum atomic E-state index is -0.833. The minimum absolute atomic E-state index is 0. The van der Waals surface area contributed by atoms with E-state index in [4.69, 9.17) is 15.0 Å². The Bertz CT molecular complexity index is 119. The molecule has 0 spiro atoms. The molecule has 88 valence electrons. The third-order valence-corrected chi connectivity index (χ3v) is 0.348. The molecular weight excluding hydrogens is 192 g/mol. The summed E-state index contributed by atoms with van der Waals surface area (Å²) in [6.45, 7) is 6.67. The van der Waals surface area contributed by atoms with Gasteiger partial charge in [0, 0.05) is 20.5 Å². The molecular formula is C8H20O6. The van der Waals surface area contributed by atoms with Gasteiger partial charge in [-0.05, 0) is 13.8 Å². The first-order chi connectivity index (χ1) is 5.92. The third-order valence-electron chi connectivity index (χ3n) is 0.348. The van der Waals surface area contributed by atoms with Crippen molar-refractivity contribution >= 4 is 11.9 Å². The van der Waals surface area contributed by atoms with Gasteiger partial charge in [0.05, 0.1) is 6.61 Å². The number of aliphatic hydroxyl groups excluding tert-OH is 1. The summed E-state index contributed by atoms with van der Waals surface area (Å²) in [5.74, 6) is -1.04. The first-order valence-corrected chi connectivity index (χ1v) is 3.86. The van der Waals surface area contributed by atoms with Gasteiger partial charge in [-0.3, -0.25) is 9.59 Å². The molecule has 0 saturated heterocycles. The topological polar surface area (TPSA) is 115 Å².